The molecule has 2 saturated carbocycles. The molecule has 0 radical (unpaired) electrons. The van der Waals surface area contributed by atoms with Crippen molar-refractivity contribution in [2.45, 2.75) is 30.3 Å². The predicted molar refractivity (Wildman–Crippen MR) is 73.0 cm³/mol. The molecule has 0 bridgehead atoms. The van der Waals surface area contributed by atoms with E-state index in [0.717, 1.165) is 16.7 Å². The molecule has 6 heteroatoms. The van der Waals surface area contributed by atoms with Gasteiger partial charge in [0.15, 0.2) is 0 Å². The molecule has 0 N–H and O–H groups in total. The maximum absolute atomic E-state index is 12.7. The van der Waals surface area contributed by atoms with Crippen LogP contribution >= 0.6 is 43.2 Å². The molecule has 1 aromatic rings. The molecule has 0 amide bonds. The zero-order chi connectivity index (χ0) is 13.1. The highest BCUT2D eigenvalue weighted by Crippen LogP contribution is 2.65. The fourth-order valence-electron chi connectivity index (χ4n) is 3.22. The van der Waals surface area contributed by atoms with Gasteiger partial charge < -0.3 is 0 Å². The normalized spacial score (nSPS) is 32.4. The van der Waals surface area contributed by atoms with Crippen LogP contribution in [0.4, 0.5) is 13.2 Å². The van der Waals surface area contributed by atoms with Gasteiger partial charge >= 0.3 is 6.18 Å². The molecule has 18 heavy (non-hydrogen) atoms. The minimum absolute atomic E-state index is 0.0725. The Bertz CT molecular complexity index is 458. The van der Waals surface area contributed by atoms with E-state index in [9.17, 15) is 13.2 Å². The second-order valence-corrected chi connectivity index (χ2v) is 7.75. The minimum Gasteiger partial charge on any atom is -0.166 e. The largest absolute Gasteiger partial charge is 0.418 e. The van der Waals surface area contributed by atoms with Crippen molar-refractivity contribution in [2.24, 2.45) is 17.8 Å². The second-order valence-electron chi connectivity index (χ2n) is 5.06. The number of hydrogen-bond donors (Lipinski definition) is 0. The van der Waals surface area contributed by atoms with Crippen LogP contribution in [0.1, 0.15) is 34.5 Å². The van der Waals surface area contributed by atoms with Gasteiger partial charge in [-0.25, -0.2) is 0 Å². The molecule has 2 aliphatic rings. The Labute approximate surface area is 124 Å². The van der Waals surface area contributed by atoms with Gasteiger partial charge in [0.1, 0.15) is 0 Å². The van der Waals surface area contributed by atoms with Crippen molar-refractivity contribution in [1.82, 2.24) is 0 Å². The van der Waals surface area contributed by atoms with Crippen LogP contribution < -0.4 is 0 Å². The maximum atomic E-state index is 12.7. The number of halogens is 5. The summed E-state index contributed by atoms with van der Waals surface area (Å²) in [5, 5.41) is 1.21. The first-order chi connectivity index (χ1) is 8.41. The van der Waals surface area contributed by atoms with Crippen molar-refractivity contribution >= 4 is 43.2 Å². The van der Waals surface area contributed by atoms with Gasteiger partial charge in [-0.05, 0) is 46.5 Å². The topological polar surface area (TPSA) is 0 Å². The summed E-state index contributed by atoms with van der Waals surface area (Å²) < 4.78 is 38.4. The van der Waals surface area contributed by atoms with Gasteiger partial charge in [0, 0.05) is 14.7 Å². The summed E-state index contributed by atoms with van der Waals surface area (Å²) in [7, 11) is 0. The van der Waals surface area contributed by atoms with E-state index < -0.39 is 11.7 Å². The van der Waals surface area contributed by atoms with E-state index in [0.29, 0.717) is 5.92 Å². The first-order valence-corrected chi connectivity index (χ1v) is 8.48. The average Bonchev–Trinajstić information content (AvgIpc) is 2.64. The third-order valence-corrected chi connectivity index (χ3v) is 7.68. The Morgan fingerprint density at radius 2 is 1.89 bits per heavy atom. The fraction of sp³-hybridized carbons (Fsp3) is 0.667. The monoisotopic (exact) mass is 402 g/mol. The van der Waals surface area contributed by atoms with Gasteiger partial charge in [-0.2, -0.15) is 13.2 Å². The van der Waals surface area contributed by atoms with Crippen molar-refractivity contribution in [3.8, 4) is 0 Å². The Morgan fingerprint density at radius 1 is 1.28 bits per heavy atom. The van der Waals surface area contributed by atoms with Crippen LogP contribution in [0.25, 0.3) is 0 Å². The lowest BCUT2D eigenvalue weighted by molar-refractivity contribution is -0.137. The fourth-order valence-corrected chi connectivity index (χ4v) is 6.88. The molecule has 3 rings (SSSR count). The maximum Gasteiger partial charge on any atom is 0.418 e. The molecule has 0 nitrogen and oxygen atoms in total. The third kappa shape index (κ3) is 2.08. The van der Waals surface area contributed by atoms with Crippen LogP contribution in [-0.2, 0) is 6.18 Å². The van der Waals surface area contributed by atoms with Gasteiger partial charge in [-0.15, -0.1) is 11.3 Å². The average molecular weight is 404 g/mol. The molecule has 0 saturated heterocycles. The molecule has 3 atom stereocenters. The van der Waals surface area contributed by atoms with E-state index in [4.69, 9.17) is 0 Å². The van der Waals surface area contributed by atoms with Crippen LogP contribution in [0.15, 0.2) is 9.85 Å². The number of alkyl halides is 4. The van der Waals surface area contributed by atoms with E-state index in [-0.39, 0.29) is 9.30 Å². The molecular formula is C12H11Br2F3S. The summed E-state index contributed by atoms with van der Waals surface area (Å²) in [6, 6.07) is 0. The molecule has 1 aromatic heterocycles. The summed E-state index contributed by atoms with van der Waals surface area (Å²) in [6.07, 6.45) is -0.496. The van der Waals surface area contributed by atoms with Crippen molar-refractivity contribution in [2.75, 3.05) is 0 Å². The highest BCUT2D eigenvalue weighted by atomic mass is 79.9. The van der Waals surface area contributed by atoms with Crippen molar-refractivity contribution in [1.29, 1.82) is 0 Å². The zero-order valence-electron chi connectivity index (χ0n) is 9.31. The Morgan fingerprint density at radius 3 is 2.39 bits per heavy atom. The van der Waals surface area contributed by atoms with Crippen LogP contribution in [-0.4, -0.2) is 0 Å². The molecule has 0 aliphatic heterocycles. The Kier molecular flexibility index (Phi) is 3.35. The third-order valence-electron chi connectivity index (χ3n) is 4.12. The van der Waals surface area contributed by atoms with Crippen molar-refractivity contribution in [3.05, 3.63) is 20.3 Å². The molecule has 0 aromatic carbocycles. The standard InChI is InChI=1S/C12H11Br2F3S/c13-9-7(12(15,16)17)4-18-11(9)10(14)8-5-2-1-3-6(5)8/h4-6,8,10H,1-3H2. The molecular weight excluding hydrogens is 393 g/mol. The summed E-state index contributed by atoms with van der Waals surface area (Å²) in [6.45, 7) is 0. The molecule has 3 unspecified atom stereocenters. The lowest BCUT2D eigenvalue weighted by Crippen LogP contribution is -2.04. The van der Waals surface area contributed by atoms with Gasteiger partial charge in [0.2, 0.25) is 0 Å². The van der Waals surface area contributed by atoms with Crippen LogP contribution in [0.2, 0.25) is 0 Å². The first-order valence-electron chi connectivity index (χ1n) is 5.89. The van der Waals surface area contributed by atoms with E-state index in [1.165, 1.54) is 36.0 Å². The second kappa shape index (κ2) is 4.48. The minimum atomic E-state index is -4.26. The number of rotatable bonds is 2. The Hall–Kier alpha value is 0.450. The molecule has 2 aliphatic carbocycles. The van der Waals surface area contributed by atoms with Gasteiger partial charge in [-0.3, -0.25) is 0 Å². The number of thiophene rings is 1. The molecule has 1 heterocycles. The van der Waals surface area contributed by atoms with Crippen LogP contribution in [0.3, 0.4) is 0 Å². The lowest BCUT2D eigenvalue weighted by Gasteiger charge is -2.11. The number of hydrogen-bond acceptors (Lipinski definition) is 1. The van der Waals surface area contributed by atoms with Crippen LogP contribution in [0.5, 0.6) is 0 Å². The molecule has 100 valence electrons. The SMILES string of the molecule is FC(F)(F)c1csc(C(Br)C2C3CCCC32)c1Br. The van der Waals surface area contributed by atoms with Crippen molar-refractivity contribution < 1.29 is 13.2 Å². The van der Waals surface area contributed by atoms with E-state index in [2.05, 4.69) is 31.9 Å². The highest BCUT2D eigenvalue weighted by molar-refractivity contribution is 9.11. The quantitative estimate of drug-likeness (QED) is 0.530. The summed E-state index contributed by atoms with van der Waals surface area (Å²) in [4.78, 5) is 0.866. The lowest BCUT2D eigenvalue weighted by atomic mass is 10.1. The molecule has 0 spiro atoms. The van der Waals surface area contributed by atoms with Gasteiger partial charge in [0.05, 0.1) is 10.4 Å². The Balaban J connectivity index is 1.83. The van der Waals surface area contributed by atoms with Gasteiger partial charge in [-0.1, -0.05) is 22.4 Å². The van der Waals surface area contributed by atoms with Gasteiger partial charge in [0.25, 0.3) is 0 Å². The summed E-state index contributed by atoms with van der Waals surface area (Å²) in [5.74, 6) is 2.00. The van der Waals surface area contributed by atoms with Crippen molar-refractivity contribution in [3.63, 3.8) is 0 Å². The van der Waals surface area contributed by atoms with E-state index in [1.54, 1.807) is 0 Å². The molecule has 2 fully saturated rings. The predicted octanol–water partition coefficient (Wildman–Crippen LogP) is 6.01. The summed E-state index contributed by atoms with van der Waals surface area (Å²) >= 11 is 7.94. The van der Waals surface area contributed by atoms with E-state index >= 15 is 0 Å². The van der Waals surface area contributed by atoms with Crippen LogP contribution in [0, 0.1) is 17.8 Å². The smallest absolute Gasteiger partial charge is 0.166 e. The zero-order valence-corrected chi connectivity index (χ0v) is 13.3. The summed E-state index contributed by atoms with van der Waals surface area (Å²) in [5.41, 5.74) is -0.544. The van der Waals surface area contributed by atoms with E-state index in [1.807, 2.05) is 0 Å². The first kappa shape index (κ1) is 13.4. The number of fused-ring (bicyclic) bond motifs is 1. The highest BCUT2D eigenvalue weighted by Gasteiger charge is 2.56.